The van der Waals surface area contributed by atoms with Crippen LogP contribution in [0.4, 0.5) is 11.4 Å². The molecule has 1 amide bonds. The number of hydrogen-bond acceptors (Lipinski definition) is 3. The number of nitrogens with one attached hydrogen (secondary N) is 2. The van der Waals surface area contributed by atoms with Crippen molar-refractivity contribution >= 4 is 17.3 Å². The lowest BCUT2D eigenvalue weighted by molar-refractivity contribution is -0.115. The smallest absolute Gasteiger partial charge is 0.226 e. The fraction of sp³-hybridized carbons (Fsp3) is 0.0952. The van der Waals surface area contributed by atoms with Gasteiger partial charge in [0.1, 0.15) is 5.75 Å². The van der Waals surface area contributed by atoms with Crippen LogP contribution in [0.2, 0.25) is 0 Å². The number of rotatable bonds is 7. The van der Waals surface area contributed by atoms with Gasteiger partial charge in [0, 0.05) is 18.7 Å². The summed E-state index contributed by atoms with van der Waals surface area (Å²) >= 11 is 0. The largest absolute Gasteiger partial charge is 0.455 e. The van der Waals surface area contributed by atoms with E-state index in [9.17, 15) is 4.79 Å². The number of ether oxygens (including phenoxy) is 1. The van der Waals surface area contributed by atoms with E-state index in [-0.39, 0.29) is 5.91 Å². The number of hydrogen-bond donors (Lipinski definition) is 2. The molecular formula is C21H20N2O2. The lowest BCUT2D eigenvalue weighted by atomic mass is 10.2. The Bertz CT molecular complexity index is 804. The van der Waals surface area contributed by atoms with E-state index in [2.05, 4.69) is 10.6 Å². The van der Waals surface area contributed by atoms with Crippen molar-refractivity contribution in [1.29, 1.82) is 0 Å². The minimum absolute atomic E-state index is 0.0276. The van der Waals surface area contributed by atoms with Crippen molar-refractivity contribution in [3.05, 3.63) is 84.9 Å². The molecule has 3 rings (SSSR count). The average Bonchev–Trinajstić information content (AvgIpc) is 2.65. The van der Waals surface area contributed by atoms with Crippen LogP contribution >= 0.6 is 0 Å². The highest BCUT2D eigenvalue weighted by Crippen LogP contribution is 2.28. The zero-order valence-corrected chi connectivity index (χ0v) is 13.8. The molecule has 0 aromatic heterocycles. The van der Waals surface area contributed by atoms with Crippen molar-refractivity contribution in [2.45, 2.75) is 6.42 Å². The van der Waals surface area contributed by atoms with Gasteiger partial charge in [-0.15, -0.1) is 0 Å². The Morgan fingerprint density at radius 3 is 2.20 bits per heavy atom. The molecule has 0 atom stereocenters. The molecule has 0 aliphatic heterocycles. The van der Waals surface area contributed by atoms with Gasteiger partial charge in [0.2, 0.25) is 5.91 Å². The second-order valence-electron chi connectivity index (χ2n) is 5.50. The van der Waals surface area contributed by atoms with E-state index in [0.717, 1.165) is 22.9 Å². The zero-order chi connectivity index (χ0) is 17.3. The second-order valence-corrected chi connectivity index (χ2v) is 5.50. The Morgan fingerprint density at radius 2 is 1.44 bits per heavy atom. The molecule has 0 saturated carbocycles. The molecular weight excluding hydrogens is 312 g/mol. The third-order valence-electron chi connectivity index (χ3n) is 3.58. The van der Waals surface area contributed by atoms with Crippen LogP contribution in [0, 0.1) is 0 Å². The average molecular weight is 332 g/mol. The highest BCUT2D eigenvalue weighted by molar-refractivity contribution is 5.90. The summed E-state index contributed by atoms with van der Waals surface area (Å²) in [6.07, 6.45) is 0.370. The Kier molecular flexibility index (Phi) is 5.67. The van der Waals surface area contributed by atoms with E-state index in [1.807, 2.05) is 84.9 Å². The fourth-order valence-corrected chi connectivity index (χ4v) is 2.37. The van der Waals surface area contributed by atoms with Gasteiger partial charge in [0.15, 0.2) is 5.75 Å². The van der Waals surface area contributed by atoms with Gasteiger partial charge in [-0.3, -0.25) is 4.79 Å². The Morgan fingerprint density at radius 1 is 0.800 bits per heavy atom. The maximum Gasteiger partial charge on any atom is 0.226 e. The second kappa shape index (κ2) is 8.55. The van der Waals surface area contributed by atoms with E-state index < -0.39 is 0 Å². The Balaban J connectivity index is 1.54. The van der Waals surface area contributed by atoms with Crippen molar-refractivity contribution in [1.82, 2.24) is 0 Å². The Hall–Kier alpha value is -3.27. The first kappa shape index (κ1) is 16.6. The van der Waals surface area contributed by atoms with Crippen LogP contribution in [-0.2, 0) is 4.79 Å². The summed E-state index contributed by atoms with van der Waals surface area (Å²) in [7, 11) is 0. The molecule has 2 N–H and O–H groups in total. The maximum absolute atomic E-state index is 12.0. The van der Waals surface area contributed by atoms with E-state index >= 15 is 0 Å². The van der Waals surface area contributed by atoms with Gasteiger partial charge in [0.05, 0.1) is 5.69 Å². The van der Waals surface area contributed by atoms with E-state index in [1.54, 1.807) is 0 Å². The summed E-state index contributed by atoms with van der Waals surface area (Å²) in [5.41, 5.74) is 1.67. The molecule has 3 aromatic carbocycles. The molecule has 4 heteroatoms. The van der Waals surface area contributed by atoms with Gasteiger partial charge >= 0.3 is 0 Å². The van der Waals surface area contributed by atoms with Gasteiger partial charge in [0.25, 0.3) is 0 Å². The molecule has 4 nitrogen and oxygen atoms in total. The normalized spacial score (nSPS) is 10.1. The predicted molar refractivity (Wildman–Crippen MR) is 101 cm³/mol. The van der Waals surface area contributed by atoms with Gasteiger partial charge in [-0.05, 0) is 36.4 Å². The third kappa shape index (κ3) is 5.11. The van der Waals surface area contributed by atoms with Crippen molar-refractivity contribution in [3.8, 4) is 11.5 Å². The lowest BCUT2D eigenvalue weighted by Crippen LogP contribution is -2.16. The van der Waals surface area contributed by atoms with Crippen LogP contribution in [0.5, 0.6) is 11.5 Å². The molecule has 0 saturated heterocycles. The van der Waals surface area contributed by atoms with Gasteiger partial charge in [-0.1, -0.05) is 48.5 Å². The van der Waals surface area contributed by atoms with E-state index in [1.165, 1.54) is 0 Å². The first-order valence-electron chi connectivity index (χ1n) is 8.22. The summed E-state index contributed by atoms with van der Waals surface area (Å²) in [4.78, 5) is 12.0. The van der Waals surface area contributed by atoms with Crippen molar-refractivity contribution < 1.29 is 9.53 Å². The predicted octanol–water partition coefficient (Wildman–Crippen LogP) is 4.92. The fourth-order valence-electron chi connectivity index (χ4n) is 2.37. The maximum atomic E-state index is 12.0. The summed E-state index contributed by atoms with van der Waals surface area (Å²) in [5, 5.41) is 6.14. The highest BCUT2D eigenvalue weighted by Gasteiger charge is 2.06. The molecule has 0 fully saturated rings. The van der Waals surface area contributed by atoms with Crippen molar-refractivity contribution in [2.24, 2.45) is 0 Å². The zero-order valence-electron chi connectivity index (χ0n) is 13.8. The Labute approximate surface area is 147 Å². The minimum Gasteiger partial charge on any atom is -0.455 e. The van der Waals surface area contributed by atoms with Gasteiger partial charge in [-0.25, -0.2) is 0 Å². The molecule has 0 aliphatic carbocycles. The van der Waals surface area contributed by atoms with E-state index in [0.29, 0.717) is 13.0 Å². The molecule has 0 bridgehead atoms. The summed E-state index contributed by atoms with van der Waals surface area (Å²) in [6, 6.07) is 26.8. The number of para-hydroxylation sites is 4. The summed E-state index contributed by atoms with van der Waals surface area (Å²) in [6.45, 7) is 0.522. The summed E-state index contributed by atoms with van der Waals surface area (Å²) < 4.78 is 5.90. The molecule has 25 heavy (non-hydrogen) atoms. The highest BCUT2D eigenvalue weighted by atomic mass is 16.5. The quantitative estimate of drug-likeness (QED) is 0.646. The lowest BCUT2D eigenvalue weighted by Gasteiger charge is -2.13. The van der Waals surface area contributed by atoms with Crippen LogP contribution in [-0.4, -0.2) is 12.5 Å². The summed E-state index contributed by atoms with van der Waals surface area (Å²) in [5.74, 6) is 1.48. The topological polar surface area (TPSA) is 50.4 Å². The number of amides is 1. The van der Waals surface area contributed by atoms with E-state index in [4.69, 9.17) is 4.74 Å². The molecule has 0 spiro atoms. The monoisotopic (exact) mass is 332 g/mol. The van der Waals surface area contributed by atoms with Crippen LogP contribution in [0.25, 0.3) is 0 Å². The molecule has 126 valence electrons. The molecule has 0 radical (unpaired) electrons. The van der Waals surface area contributed by atoms with Crippen LogP contribution in [0.15, 0.2) is 84.9 Å². The number of benzene rings is 3. The number of anilines is 2. The number of carbonyl (C=O) groups excluding carboxylic acids is 1. The number of carbonyl (C=O) groups is 1. The van der Waals surface area contributed by atoms with Crippen LogP contribution in [0.1, 0.15) is 6.42 Å². The minimum atomic E-state index is -0.0276. The molecule has 0 heterocycles. The first-order chi connectivity index (χ1) is 12.3. The molecule has 3 aromatic rings. The van der Waals surface area contributed by atoms with Crippen LogP contribution < -0.4 is 15.4 Å². The standard InChI is InChI=1S/C21H20N2O2/c24-21(23-17-9-3-1-4-10-17)15-16-22-19-13-7-8-14-20(19)25-18-11-5-2-6-12-18/h1-14,22H,15-16H2,(H,23,24). The molecule has 0 unspecified atom stereocenters. The SMILES string of the molecule is O=C(CCNc1ccccc1Oc1ccccc1)Nc1ccccc1. The first-order valence-corrected chi connectivity index (χ1v) is 8.22. The van der Waals surface area contributed by atoms with Gasteiger partial charge < -0.3 is 15.4 Å². The van der Waals surface area contributed by atoms with Crippen molar-refractivity contribution in [3.63, 3.8) is 0 Å². The molecule has 0 aliphatic rings. The third-order valence-corrected chi connectivity index (χ3v) is 3.58. The van der Waals surface area contributed by atoms with Crippen LogP contribution in [0.3, 0.4) is 0 Å². The van der Waals surface area contributed by atoms with Crippen molar-refractivity contribution in [2.75, 3.05) is 17.2 Å². The van der Waals surface area contributed by atoms with Gasteiger partial charge in [-0.2, -0.15) is 0 Å².